The van der Waals surface area contributed by atoms with Gasteiger partial charge in [0.25, 0.3) is 5.56 Å². The number of amides is 1. The van der Waals surface area contributed by atoms with Crippen LogP contribution < -0.4 is 10.9 Å². The first kappa shape index (κ1) is 16.9. The van der Waals surface area contributed by atoms with Crippen LogP contribution in [0.3, 0.4) is 0 Å². The molecule has 0 saturated carbocycles. The number of hydrogen-bond donors (Lipinski definition) is 1. The summed E-state index contributed by atoms with van der Waals surface area (Å²) >= 11 is 2.90. The van der Waals surface area contributed by atoms with Crippen molar-refractivity contribution in [3.8, 4) is 0 Å². The number of fused-ring (bicyclic) bond motifs is 3. The Hall–Kier alpha value is -2.58. The zero-order chi connectivity index (χ0) is 18.1. The quantitative estimate of drug-likeness (QED) is 0.573. The molecule has 0 spiro atoms. The van der Waals surface area contributed by atoms with E-state index in [-0.39, 0.29) is 11.5 Å². The Balaban J connectivity index is 1.69. The molecule has 1 amide bonds. The molecule has 0 fully saturated rings. The lowest BCUT2D eigenvalue weighted by Crippen LogP contribution is -2.36. The molecule has 4 aromatic heterocycles. The minimum Gasteiger partial charge on any atom is -0.349 e. The lowest BCUT2D eigenvalue weighted by molar-refractivity contribution is -0.124. The predicted octanol–water partition coefficient (Wildman–Crippen LogP) is 3.34. The Morgan fingerprint density at radius 3 is 2.96 bits per heavy atom. The van der Waals surface area contributed by atoms with Crippen molar-refractivity contribution < 1.29 is 4.79 Å². The molecule has 132 valence electrons. The highest BCUT2D eigenvalue weighted by atomic mass is 32.1. The summed E-state index contributed by atoms with van der Waals surface area (Å²) in [6.07, 6.45) is 3.68. The molecule has 0 aliphatic heterocycles. The molecule has 4 rings (SSSR count). The number of carbonyl (C=O) groups is 1. The van der Waals surface area contributed by atoms with Gasteiger partial charge in [-0.25, -0.2) is 9.97 Å². The Kier molecular flexibility index (Phi) is 4.52. The Morgan fingerprint density at radius 2 is 2.19 bits per heavy atom. The first-order chi connectivity index (χ1) is 12.7. The van der Waals surface area contributed by atoms with Crippen molar-refractivity contribution in [1.82, 2.24) is 19.9 Å². The summed E-state index contributed by atoms with van der Waals surface area (Å²) in [4.78, 5) is 36.2. The maximum Gasteiger partial charge on any atom is 0.272 e. The van der Waals surface area contributed by atoms with Gasteiger partial charge >= 0.3 is 0 Å². The fraction of sp³-hybridized carbons (Fsp3) is 0.222. The zero-order valence-corrected chi connectivity index (χ0v) is 15.6. The topological polar surface area (TPSA) is 76.9 Å². The molecule has 6 nitrogen and oxygen atoms in total. The van der Waals surface area contributed by atoms with Crippen molar-refractivity contribution in [1.29, 1.82) is 0 Å². The summed E-state index contributed by atoms with van der Waals surface area (Å²) in [5.74, 6) is -0.177. The summed E-state index contributed by atoms with van der Waals surface area (Å²) in [6.45, 7) is 2.35. The first-order valence-corrected chi connectivity index (χ1v) is 9.93. The number of pyridine rings is 1. The average molecular weight is 384 g/mol. The highest BCUT2D eigenvalue weighted by Gasteiger charge is 2.22. The Labute approximate surface area is 157 Å². The molecule has 0 aromatic carbocycles. The number of rotatable bonds is 5. The van der Waals surface area contributed by atoms with Gasteiger partial charge in [-0.05, 0) is 30.0 Å². The first-order valence-electron chi connectivity index (χ1n) is 8.23. The molecule has 0 saturated heterocycles. The van der Waals surface area contributed by atoms with Gasteiger partial charge in [-0.1, -0.05) is 13.0 Å². The Bertz CT molecular complexity index is 1130. The molecule has 4 aromatic rings. The minimum absolute atomic E-state index is 0.177. The lowest BCUT2D eigenvalue weighted by Gasteiger charge is -2.17. The van der Waals surface area contributed by atoms with Gasteiger partial charge in [0, 0.05) is 16.5 Å². The smallest absolute Gasteiger partial charge is 0.272 e. The molecule has 0 aliphatic carbocycles. The van der Waals surface area contributed by atoms with Crippen molar-refractivity contribution in [3.05, 3.63) is 57.4 Å². The monoisotopic (exact) mass is 384 g/mol. The van der Waals surface area contributed by atoms with E-state index >= 15 is 0 Å². The molecule has 0 radical (unpaired) electrons. The lowest BCUT2D eigenvalue weighted by atomic mass is 10.2. The molecular weight excluding hydrogens is 368 g/mol. The van der Waals surface area contributed by atoms with E-state index in [0.717, 1.165) is 15.1 Å². The number of hydrogen-bond acceptors (Lipinski definition) is 6. The normalized spacial score (nSPS) is 12.5. The van der Waals surface area contributed by atoms with E-state index in [0.29, 0.717) is 23.2 Å². The number of thiophene rings is 2. The standard InChI is InChI=1S/C18H16N4O2S2/c1-2-13(16(23)20-9-11-5-4-8-25-11)22-10-21-14-12-6-3-7-19-17(12)26-15(14)18(22)24/h3-8,10,13H,2,9H2,1H3,(H,20,23)/t13-/m0/s1. The number of aromatic nitrogens is 3. The highest BCUT2D eigenvalue weighted by Crippen LogP contribution is 2.28. The second-order valence-electron chi connectivity index (χ2n) is 5.81. The van der Waals surface area contributed by atoms with E-state index < -0.39 is 6.04 Å². The van der Waals surface area contributed by atoms with Crippen LogP contribution in [-0.4, -0.2) is 20.4 Å². The van der Waals surface area contributed by atoms with Crippen LogP contribution in [0.4, 0.5) is 0 Å². The van der Waals surface area contributed by atoms with E-state index in [1.807, 2.05) is 36.6 Å². The number of nitrogens with zero attached hydrogens (tertiary/aromatic N) is 3. The van der Waals surface area contributed by atoms with Crippen LogP contribution in [0.5, 0.6) is 0 Å². The fourth-order valence-electron chi connectivity index (χ4n) is 2.92. The summed E-state index contributed by atoms with van der Waals surface area (Å²) in [5.41, 5.74) is 0.448. The maximum atomic E-state index is 13.0. The van der Waals surface area contributed by atoms with E-state index in [9.17, 15) is 9.59 Å². The van der Waals surface area contributed by atoms with Gasteiger partial charge in [0.2, 0.25) is 5.91 Å². The van der Waals surface area contributed by atoms with Gasteiger partial charge in [-0.3, -0.25) is 14.2 Å². The van der Waals surface area contributed by atoms with Crippen LogP contribution in [0.1, 0.15) is 24.3 Å². The van der Waals surface area contributed by atoms with Crippen LogP contribution in [0, 0.1) is 0 Å². The van der Waals surface area contributed by atoms with E-state index in [1.165, 1.54) is 22.2 Å². The maximum absolute atomic E-state index is 13.0. The summed E-state index contributed by atoms with van der Waals surface area (Å²) in [7, 11) is 0. The van der Waals surface area contributed by atoms with Crippen LogP contribution in [-0.2, 0) is 11.3 Å². The summed E-state index contributed by atoms with van der Waals surface area (Å²) in [5, 5.41) is 5.75. The van der Waals surface area contributed by atoms with Gasteiger partial charge in [-0.15, -0.1) is 22.7 Å². The second kappa shape index (κ2) is 6.97. The van der Waals surface area contributed by atoms with Crippen LogP contribution in [0.2, 0.25) is 0 Å². The predicted molar refractivity (Wildman–Crippen MR) is 105 cm³/mol. The van der Waals surface area contributed by atoms with Gasteiger partial charge in [0.15, 0.2) is 0 Å². The van der Waals surface area contributed by atoms with E-state index in [2.05, 4.69) is 15.3 Å². The van der Waals surface area contributed by atoms with E-state index in [1.54, 1.807) is 17.5 Å². The van der Waals surface area contributed by atoms with Gasteiger partial charge in [0.05, 0.1) is 18.4 Å². The molecule has 0 aliphatic rings. The highest BCUT2D eigenvalue weighted by molar-refractivity contribution is 7.25. The third-order valence-corrected chi connectivity index (χ3v) is 6.19. The van der Waals surface area contributed by atoms with Gasteiger partial charge < -0.3 is 5.32 Å². The van der Waals surface area contributed by atoms with Crippen molar-refractivity contribution in [2.75, 3.05) is 0 Å². The Morgan fingerprint density at radius 1 is 1.31 bits per heavy atom. The third-order valence-electron chi connectivity index (χ3n) is 4.22. The van der Waals surface area contributed by atoms with Crippen molar-refractivity contribution in [2.45, 2.75) is 25.9 Å². The van der Waals surface area contributed by atoms with Crippen LogP contribution >= 0.6 is 22.7 Å². The molecule has 0 bridgehead atoms. The molecule has 8 heteroatoms. The SMILES string of the molecule is CC[C@@H](C(=O)NCc1cccs1)n1cnc2c(sc3ncccc32)c1=O. The van der Waals surface area contributed by atoms with E-state index in [4.69, 9.17) is 0 Å². The summed E-state index contributed by atoms with van der Waals surface area (Å²) < 4.78 is 1.97. The third kappa shape index (κ3) is 2.91. The van der Waals surface area contributed by atoms with Crippen LogP contribution in [0.25, 0.3) is 20.4 Å². The van der Waals surface area contributed by atoms with Gasteiger partial charge in [0.1, 0.15) is 15.6 Å². The number of nitrogens with one attached hydrogen (secondary N) is 1. The van der Waals surface area contributed by atoms with Crippen molar-refractivity contribution >= 4 is 49.0 Å². The largest absolute Gasteiger partial charge is 0.349 e. The zero-order valence-electron chi connectivity index (χ0n) is 14.0. The van der Waals surface area contributed by atoms with Gasteiger partial charge in [-0.2, -0.15) is 0 Å². The minimum atomic E-state index is -0.586. The second-order valence-corrected chi connectivity index (χ2v) is 7.85. The van der Waals surface area contributed by atoms with Crippen molar-refractivity contribution in [3.63, 3.8) is 0 Å². The fourth-order valence-corrected chi connectivity index (χ4v) is 4.60. The molecule has 4 heterocycles. The number of carbonyl (C=O) groups excluding carboxylic acids is 1. The molecule has 26 heavy (non-hydrogen) atoms. The summed E-state index contributed by atoms with van der Waals surface area (Å²) in [6, 6.07) is 7.06. The molecule has 1 N–H and O–H groups in total. The molecule has 1 atom stereocenters. The van der Waals surface area contributed by atoms with Crippen molar-refractivity contribution in [2.24, 2.45) is 0 Å². The molecular formula is C18H16N4O2S2. The van der Waals surface area contributed by atoms with Crippen LogP contribution in [0.15, 0.2) is 47.0 Å². The average Bonchev–Trinajstić information content (AvgIpc) is 3.30. The molecule has 0 unspecified atom stereocenters.